The lowest BCUT2D eigenvalue weighted by Gasteiger charge is -2.29. The molecule has 1 aromatic heterocycles. The molecule has 0 saturated heterocycles. The van der Waals surface area contributed by atoms with Crippen LogP contribution in [0.5, 0.6) is 0 Å². The number of thiophene rings is 1. The Morgan fingerprint density at radius 3 is 2.85 bits per heavy atom. The van der Waals surface area contributed by atoms with Gasteiger partial charge in [0.25, 0.3) is 5.91 Å². The molecule has 0 fully saturated rings. The molecular formula is C14H12Br2N2OS. The second kappa shape index (κ2) is 5.50. The van der Waals surface area contributed by atoms with Crippen molar-refractivity contribution in [2.45, 2.75) is 13.0 Å². The van der Waals surface area contributed by atoms with E-state index in [0.29, 0.717) is 12.1 Å². The summed E-state index contributed by atoms with van der Waals surface area (Å²) < 4.78 is 1.81. The molecule has 3 rings (SSSR count). The smallest absolute Gasteiger partial charge is 0.256 e. The van der Waals surface area contributed by atoms with Crippen LogP contribution >= 0.6 is 43.2 Å². The molecule has 3 nitrogen and oxygen atoms in total. The highest BCUT2D eigenvalue weighted by atomic mass is 79.9. The average Bonchev–Trinajstić information content (AvgIpc) is 2.77. The molecule has 0 saturated carbocycles. The lowest BCUT2D eigenvalue weighted by atomic mass is 9.98. The number of fused-ring (bicyclic) bond motifs is 1. The third-order valence-corrected chi connectivity index (χ3v) is 5.82. The number of benzene rings is 1. The molecule has 2 N–H and O–H groups in total. The monoisotopic (exact) mass is 414 g/mol. The number of hydrogen-bond donors (Lipinski definition) is 1. The molecule has 0 atom stereocenters. The first kappa shape index (κ1) is 14.1. The summed E-state index contributed by atoms with van der Waals surface area (Å²) in [7, 11) is 0. The molecule has 0 aliphatic carbocycles. The Labute approximate surface area is 138 Å². The van der Waals surface area contributed by atoms with Gasteiger partial charge in [0.15, 0.2) is 0 Å². The van der Waals surface area contributed by atoms with E-state index < -0.39 is 0 Å². The summed E-state index contributed by atoms with van der Waals surface area (Å²) in [5.41, 5.74) is 9.83. The summed E-state index contributed by atoms with van der Waals surface area (Å²) in [6.07, 6.45) is 0.856. The van der Waals surface area contributed by atoms with Gasteiger partial charge in [-0.25, -0.2) is 0 Å². The minimum absolute atomic E-state index is 0.0488. The molecule has 2 aromatic rings. The number of nitrogens with two attached hydrogens (primary N) is 1. The zero-order valence-corrected chi connectivity index (χ0v) is 14.5. The maximum Gasteiger partial charge on any atom is 0.256 e. The van der Waals surface area contributed by atoms with Gasteiger partial charge < -0.3 is 10.6 Å². The number of amides is 1. The first-order valence-corrected chi connectivity index (χ1v) is 8.57. The molecule has 0 unspecified atom stereocenters. The standard InChI is InChI=1S/C14H12Br2N2OS/c15-12-6-9(13(16)20-12)14(19)18-5-4-8-2-1-3-11(17)10(8)7-18/h1-3,6H,4-5,7,17H2. The van der Waals surface area contributed by atoms with E-state index >= 15 is 0 Å². The zero-order valence-electron chi connectivity index (χ0n) is 10.5. The highest BCUT2D eigenvalue weighted by molar-refractivity contribution is 9.12. The average molecular weight is 416 g/mol. The Kier molecular flexibility index (Phi) is 3.88. The fourth-order valence-electron chi connectivity index (χ4n) is 2.44. The van der Waals surface area contributed by atoms with Gasteiger partial charge in [0.1, 0.15) is 0 Å². The maximum atomic E-state index is 12.6. The fourth-order valence-corrected chi connectivity index (χ4v) is 5.21. The number of nitrogens with zero attached hydrogens (tertiary/aromatic N) is 1. The number of hydrogen-bond acceptors (Lipinski definition) is 3. The van der Waals surface area contributed by atoms with Gasteiger partial charge in [-0.3, -0.25) is 4.79 Å². The van der Waals surface area contributed by atoms with Gasteiger partial charge in [-0.2, -0.15) is 0 Å². The summed E-state index contributed by atoms with van der Waals surface area (Å²) in [5.74, 6) is 0.0488. The van der Waals surface area contributed by atoms with Crippen molar-refractivity contribution in [1.29, 1.82) is 0 Å². The molecule has 0 spiro atoms. The lowest BCUT2D eigenvalue weighted by molar-refractivity contribution is 0.0735. The SMILES string of the molecule is Nc1cccc2c1CN(C(=O)c1cc(Br)sc1Br)CC2. The molecule has 1 aromatic carbocycles. The largest absolute Gasteiger partial charge is 0.398 e. The quantitative estimate of drug-likeness (QED) is 0.714. The summed E-state index contributed by atoms with van der Waals surface area (Å²) in [6.45, 7) is 1.32. The van der Waals surface area contributed by atoms with Crippen LogP contribution in [0.2, 0.25) is 0 Å². The van der Waals surface area contributed by atoms with E-state index in [-0.39, 0.29) is 5.91 Å². The van der Waals surface area contributed by atoms with Crippen molar-refractivity contribution in [3.05, 3.63) is 48.5 Å². The van der Waals surface area contributed by atoms with Crippen molar-refractivity contribution in [3.8, 4) is 0 Å². The van der Waals surface area contributed by atoms with E-state index in [1.165, 1.54) is 16.9 Å². The normalized spacial score (nSPS) is 14.2. The molecule has 2 heterocycles. The Morgan fingerprint density at radius 1 is 1.35 bits per heavy atom. The van der Waals surface area contributed by atoms with Crippen LogP contribution in [0.15, 0.2) is 31.8 Å². The third-order valence-electron chi connectivity index (χ3n) is 3.48. The van der Waals surface area contributed by atoms with Crippen molar-refractivity contribution in [1.82, 2.24) is 4.90 Å². The van der Waals surface area contributed by atoms with E-state index in [1.54, 1.807) is 0 Å². The van der Waals surface area contributed by atoms with Crippen molar-refractivity contribution in [2.24, 2.45) is 0 Å². The second-order valence-corrected chi connectivity index (χ2v) is 8.45. The number of carbonyl (C=O) groups is 1. The van der Waals surface area contributed by atoms with Crippen LogP contribution in [0.25, 0.3) is 0 Å². The molecule has 0 radical (unpaired) electrons. The van der Waals surface area contributed by atoms with Crippen LogP contribution in [0.3, 0.4) is 0 Å². The van der Waals surface area contributed by atoms with Gasteiger partial charge in [-0.05, 0) is 61.5 Å². The highest BCUT2D eigenvalue weighted by Crippen LogP contribution is 2.34. The minimum atomic E-state index is 0.0488. The Morgan fingerprint density at radius 2 is 2.15 bits per heavy atom. The predicted octanol–water partition coefficient (Wildman–Crippen LogP) is 4.05. The lowest BCUT2D eigenvalue weighted by Crippen LogP contribution is -2.36. The fraction of sp³-hybridized carbons (Fsp3) is 0.214. The maximum absolute atomic E-state index is 12.6. The molecule has 0 bridgehead atoms. The van der Waals surface area contributed by atoms with Crippen molar-refractivity contribution in [3.63, 3.8) is 0 Å². The van der Waals surface area contributed by atoms with Gasteiger partial charge in [0.2, 0.25) is 0 Å². The van der Waals surface area contributed by atoms with Gasteiger partial charge in [-0.1, -0.05) is 12.1 Å². The van der Waals surface area contributed by atoms with Gasteiger partial charge in [0.05, 0.1) is 13.1 Å². The van der Waals surface area contributed by atoms with Crippen molar-refractivity contribution < 1.29 is 4.79 Å². The van der Waals surface area contributed by atoms with Crippen molar-refractivity contribution >= 4 is 54.8 Å². The minimum Gasteiger partial charge on any atom is -0.398 e. The predicted molar refractivity (Wildman–Crippen MR) is 89.0 cm³/mol. The van der Waals surface area contributed by atoms with Gasteiger partial charge >= 0.3 is 0 Å². The molecule has 6 heteroatoms. The summed E-state index contributed by atoms with van der Waals surface area (Å²) in [6, 6.07) is 7.81. The van der Waals surface area contributed by atoms with Crippen molar-refractivity contribution in [2.75, 3.05) is 12.3 Å². The van der Waals surface area contributed by atoms with E-state index in [1.807, 2.05) is 23.1 Å². The molecular weight excluding hydrogens is 404 g/mol. The van der Waals surface area contributed by atoms with Gasteiger partial charge in [0, 0.05) is 18.8 Å². The summed E-state index contributed by atoms with van der Waals surface area (Å²) in [4.78, 5) is 14.5. The van der Waals surface area contributed by atoms with E-state index in [4.69, 9.17) is 5.73 Å². The van der Waals surface area contributed by atoms with E-state index in [0.717, 1.165) is 31.8 Å². The van der Waals surface area contributed by atoms with E-state index in [2.05, 4.69) is 37.9 Å². The Bertz CT molecular complexity index is 684. The topological polar surface area (TPSA) is 46.3 Å². The Balaban J connectivity index is 1.89. The third kappa shape index (κ3) is 2.52. The number of carbonyl (C=O) groups excluding carboxylic acids is 1. The first-order chi connectivity index (χ1) is 9.56. The van der Waals surface area contributed by atoms with E-state index in [9.17, 15) is 4.79 Å². The van der Waals surface area contributed by atoms with Crippen LogP contribution in [-0.4, -0.2) is 17.4 Å². The second-order valence-electron chi connectivity index (χ2n) is 4.70. The van der Waals surface area contributed by atoms with Crippen LogP contribution in [0.1, 0.15) is 21.5 Å². The molecule has 104 valence electrons. The number of halogens is 2. The van der Waals surface area contributed by atoms with Crippen LogP contribution in [0.4, 0.5) is 5.69 Å². The first-order valence-electron chi connectivity index (χ1n) is 6.16. The number of anilines is 1. The Hall–Kier alpha value is -0.850. The molecule has 1 aliphatic rings. The van der Waals surface area contributed by atoms with Gasteiger partial charge in [-0.15, -0.1) is 11.3 Å². The summed E-state index contributed by atoms with van der Waals surface area (Å²) >= 11 is 8.37. The number of rotatable bonds is 1. The highest BCUT2D eigenvalue weighted by Gasteiger charge is 2.25. The molecule has 1 aliphatic heterocycles. The molecule has 20 heavy (non-hydrogen) atoms. The number of nitrogen functional groups attached to an aromatic ring is 1. The van der Waals surface area contributed by atoms with Crippen LogP contribution < -0.4 is 5.73 Å². The zero-order chi connectivity index (χ0) is 14.3. The van der Waals surface area contributed by atoms with Crippen LogP contribution in [0, 0.1) is 0 Å². The van der Waals surface area contributed by atoms with Crippen LogP contribution in [-0.2, 0) is 13.0 Å². The molecule has 1 amide bonds. The summed E-state index contributed by atoms with van der Waals surface area (Å²) in [5, 5.41) is 0.